The van der Waals surface area contributed by atoms with Crippen molar-refractivity contribution >= 4 is 10.4 Å². The van der Waals surface area contributed by atoms with E-state index >= 15 is 0 Å². The summed E-state index contributed by atoms with van der Waals surface area (Å²) in [6.07, 6.45) is -17.1. The highest BCUT2D eigenvalue weighted by Gasteiger charge is 2.48. The van der Waals surface area contributed by atoms with E-state index in [2.05, 4.69) is 4.18 Å². The lowest BCUT2D eigenvalue weighted by Gasteiger charge is -2.19. The van der Waals surface area contributed by atoms with Crippen LogP contribution in [0, 0.1) is 0 Å². The Hall–Kier alpha value is -0.550. The number of hydrogen-bond donors (Lipinski definition) is 1. The molecule has 0 aliphatic heterocycles. The van der Waals surface area contributed by atoms with Crippen LogP contribution in [0.25, 0.3) is 0 Å². The highest BCUT2D eigenvalue weighted by molar-refractivity contribution is 7.80. The molecule has 11 heteroatoms. The zero-order valence-electron chi connectivity index (χ0n) is 7.99. The topological polar surface area (TPSA) is 63.6 Å². The molecule has 0 heterocycles. The zero-order chi connectivity index (χ0) is 13.9. The fourth-order valence-electron chi connectivity index (χ4n) is 0.789. The van der Waals surface area contributed by atoms with Gasteiger partial charge in [-0.25, -0.2) is 17.4 Å². The third kappa shape index (κ3) is 6.68. The van der Waals surface area contributed by atoms with Crippen LogP contribution in [0.4, 0.5) is 26.3 Å². The van der Waals surface area contributed by atoms with Gasteiger partial charge in [0.05, 0.1) is 6.61 Å². The molecule has 0 aromatic carbocycles. The van der Waals surface area contributed by atoms with E-state index in [1.807, 2.05) is 0 Å². The standard InChI is InChI=1S/C6H8F6O4S/c7-3(1-2-16-17(13,14)15)4(8)5(9)6(10,11)12/h3-5H,1-2H2,(H,13,14,15). The molecule has 3 unspecified atom stereocenters. The van der Waals surface area contributed by atoms with Crippen molar-refractivity contribution in [2.45, 2.75) is 31.1 Å². The van der Waals surface area contributed by atoms with E-state index in [9.17, 15) is 34.8 Å². The molecule has 1 N–H and O–H groups in total. The average Bonchev–Trinajstić information content (AvgIpc) is 2.11. The lowest BCUT2D eigenvalue weighted by molar-refractivity contribution is -0.202. The first kappa shape index (κ1) is 16.4. The Labute approximate surface area is 92.5 Å². The minimum atomic E-state index is -5.55. The van der Waals surface area contributed by atoms with Crippen LogP contribution in [0.3, 0.4) is 0 Å². The zero-order valence-corrected chi connectivity index (χ0v) is 8.81. The van der Waals surface area contributed by atoms with Gasteiger partial charge in [-0.2, -0.15) is 21.6 Å². The van der Waals surface area contributed by atoms with Crippen molar-refractivity contribution < 1.29 is 43.5 Å². The SMILES string of the molecule is O=S(=O)(O)OCCC(F)C(F)C(F)C(F)(F)F. The van der Waals surface area contributed by atoms with Crippen molar-refractivity contribution in [3.63, 3.8) is 0 Å². The van der Waals surface area contributed by atoms with Gasteiger partial charge in [-0.05, 0) is 0 Å². The molecule has 104 valence electrons. The van der Waals surface area contributed by atoms with Crippen LogP contribution >= 0.6 is 0 Å². The highest BCUT2D eigenvalue weighted by Crippen LogP contribution is 2.29. The first-order valence-electron chi connectivity index (χ1n) is 4.06. The Balaban J connectivity index is 4.19. The molecule has 0 radical (unpaired) electrons. The lowest BCUT2D eigenvalue weighted by atomic mass is 10.1. The van der Waals surface area contributed by atoms with Crippen LogP contribution in [-0.2, 0) is 14.6 Å². The second-order valence-corrected chi connectivity index (χ2v) is 4.03. The van der Waals surface area contributed by atoms with E-state index in [4.69, 9.17) is 4.55 Å². The van der Waals surface area contributed by atoms with Gasteiger partial charge in [-0.1, -0.05) is 0 Å². The van der Waals surface area contributed by atoms with Crippen molar-refractivity contribution in [3.8, 4) is 0 Å². The summed E-state index contributed by atoms with van der Waals surface area (Å²) in [5.74, 6) is 0. The molecule has 4 nitrogen and oxygen atoms in total. The predicted molar refractivity (Wildman–Crippen MR) is 42.9 cm³/mol. The smallest absolute Gasteiger partial charge is 0.264 e. The van der Waals surface area contributed by atoms with Crippen LogP contribution in [0.5, 0.6) is 0 Å². The summed E-state index contributed by atoms with van der Waals surface area (Å²) < 4.78 is 104. The van der Waals surface area contributed by atoms with Crippen molar-refractivity contribution in [2.75, 3.05) is 6.61 Å². The molecule has 0 aromatic rings. The van der Waals surface area contributed by atoms with E-state index < -0.39 is 48.1 Å². The maximum absolute atomic E-state index is 12.7. The molecule has 0 bridgehead atoms. The van der Waals surface area contributed by atoms with Gasteiger partial charge < -0.3 is 0 Å². The monoisotopic (exact) mass is 290 g/mol. The Morgan fingerprint density at radius 2 is 1.65 bits per heavy atom. The van der Waals surface area contributed by atoms with Gasteiger partial charge in [0.25, 0.3) is 0 Å². The van der Waals surface area contributed by atoms with E-state index in [0.717, 1.165) is 0 Å². The minimum Gasteiger partial charge on any atom is -0.264 e. The largest absolute Gasteiger partial charge is 0.422 e. The van der Waals surface area contributed by atoms with Gasteiger partial charge in [0.15, 0.2) is 6.17 Å². The normalized spacial score (nSPS) is 18.8. The molecule has 0 amide bonds. The molecule has 0 aliphatic rings. The van der Waals surface area contributed by atoms with Crippen molar-refractivity contribution in [1.82, 2.24) is 0 Å². The van der Waals surface area contributed by atoms with Gasteiger partial charge in [0.2, 0.25) is 6.17 Å². The number of hydrogen-bond acceptors (Lipinski definition) is 3. The van der Waals surface area contributed by atoms with Crippen LogP contribution in [0.1, 0.15) is 6.42 Å². The van der Waals surface area contributed by atoms with Gasteiger partial charge >= 0.3 is 16.6 Å². The molecule has 0 aromatic heterocycles. The number of halogens is 6. The molecule has 0 saturated heterocycles. The fraction of sp³-hybridized carbons (Fsp3) is 1.00. The third-order valence-corrected chi connectivity index (χ3v) is 2.03. The molecular weight excluding hydrogens is 282 g/mol. The Morgan fingerprint density at radius 3 is 2.00 bits per heavy atom. The summed E-state index contributed by atoms with van der Waals surface area (Å²) in [5.41, 5.74) is 0. The average molecular weight is 290 g/mol. The summed E-state index contributed by atoms with van der Waals surface area (Å²) in [5, 5.41) is 0. The van der Waals surface area contributed by atoms with Gasteiger partial charge in [-0.3, -0.25) is 4.55 Å². The van der Waals surface area contributed by atoms with Crippen LogP contribution in [0.15, 0.2) is 0 Å². The summed E-state index contributed by atoms with van der Waals surface area (Å²) in [4.78, 5) is 0. The third-order valence-electron chi connectivity index (χ3n) is 1.56. The van der Waals surface area contributed by atoms with Gasteiger partial charge in [-0.15, -0.1) is 0 Å². The molecule has 0 rings (SSSR count). The summed E-state index contributed by atoms with van der Waals surface area (Å²) >= 11 is 0. The highest BCUT2D eigenvalue weighted by atomic mass is 32.3. The fourth-order valence-corrected chi connectivity index (χ4v) is 1.10. The Kier molecular flexibility index (Phi) is 5.68. The first-order valence-corrected chi connectivity index (χ1v) is 5.42. The van der Waals surface area contributed by atoms with E-state index in [0.29, 0.717) is 0 Å². The maximum atomic E-state index is 12.7. The van der Waals surface area contributed by atoms with Crippen molar-refractivity contribution in [3.05, 3.63) is 0 Å². The van der Waals surface area contributed by atoms with Gasteiger partial charge in [0.1, 0.15) is 6.17 Å². The second-order valence-electron chi connectivity index (χ2n) is 2.94. The molecule has 3 atom stereocenters. The first-order chi connectivity index (χ1) is 7.45. The summed E-state index contributed by atoms with van der Waals surface area (Å²) in [6.45, 7) is -1.11. The maximum Gasteiger partial charge on any atom is 0.422 e. The Morgan fingerprint density at radius 1 is 1.18 bits per heavy atom. The van der Waals surface area contributed by atoms with Crippen molar-refractivity contribution in [2.24, 2.45) is 0 Å². The second kappa shape index (κ2) is 5.87. The predicted octanol–water partition coefficient (Wildman–Crippen LogP) is 1.77. The van der Waals surface area contributed by atoms with Crippen LogP contribution < -0.4 is 0 Å². The summed E-state index contributed by atoms with van der Waals surface area (Å²) in [6, 6.07) is 0. The van der Waals surface area contributed by atoms with Crippen molar-refractivity contribution in [1.29, 1.82) is 0 Å². The molecule has 17 heavy (non-hydrogen) atoms. The number of rotatable bonds is 6. The lowest BCUT2D eigenvalue weighted by Crippen LogP contribution is -2.39. The molecular formula is C6H8F6O4S. The van der Waals surface area contributed by atoms with Crippen LogP contribution in [-0.4, -0.2) is 44.3 Å². The van der Waals surface area contributed by atoms with Crippen LogP contribution in [0.2, 0.25) is 0 Å². The minimum absolute atomic E-state index is 1.11. The molecule has 0 spiro atoms. The summed E-state index contributed by atoms with van der Waals surface area (Å²) in [7, 11) is -4.90. The van der Waals surface area contributed by atoms with E-state index in [-0.39, 0.29) is 0 Å². The van der Waals surface area contributed by atoms with Gasteiger partial charge in [0, 0.05) is 6.42 Å². The molecule has 0 fully saturated rings. The van der Waals surface area contributed by atoms with E-state index in [1.165, 1.54) is 0 Å². The molecule has 0 saturated carbocycles. The quantitative estimate of drug-likeness (QED) is 0.598. The molecule has 0 aliphatic carbocycles. The van der Waals surface area contributed by atoms with E-state index in [1.54, 1.807) is 0 Å². The number of alkyl halides is 6. The Bertz CT molecular complexity index is 328.